The Kier molecular flexibility index (Phi) is 4.97. The summed E-state index contributed by atoms with van der Waals surface area (Å²) in [5.41, 5.74) is 0.276. The van der Waals surface area contributed by atoms with Gasteiger partial charge in [0, 0.05) is 6.54 Å². The molecule has 17 heavy (non-hydrogen) atoms. The molecule has 1 aromatic rings. The molecule has 1 atom stereocenters. The van der Waals surface area contributed by atoms with Crippen LogP contribution in [-0.2, 0) is 0 Å². The Balaban J connectivity index is 2.48. The van der Waals surface area contributed by atoms with E-state index in [-0.39, 0.29) is 11.7 Å². The highest BCUT2D eigenvalue weighted by atomic mass is 16.5. The lowest BCUT2D eigenvalue weighted by Gasteiger charge is -2.17. The number of hydrogen-bond donors (Lipinski definition) is 1. The fourth-order valence-corrected chi connectivity index (χ4v) is 1.41. The molecule has 0 bridgehead atoms. The van der Waals surface area contributed by atoms with Crippen molar-refractivity contribution in [2.45, 2.75) is 19.4 Å². The van der Waals surface area contributed by atoms with Crippen molar-refractivity contribution in [3.8, 4) is 5.75 Å². The number of ether oxygens (including phenoxy) is 1. The van der Waals surface area contributed by atoms with Gasteiger partial charge in [-0.15, -0.1) is 0 Å². The van der Waals surface area contributed by atoms with Crippen molar-refractivity contribution in [2.24, 2.45) is 0 Å². The van der Waals surface area contributed by atoms with E-state index in [1.807, 2.05) is 21.0 Å². The first-order valence-corrected chi connectivity index (χ1v) is 5.64. The van der Waals surface area contributed by atoms with E-state index >= 15 is 0 Å². The molecule has 0 radical (unpaired) electrons. The van der Waals surface area contributed by atoms with Crippen molar-refractivity contribution in [3.05, 3.63) is 29.8 Å². The van der Waals surface area contributed by atoms with Gasteiger partial charge in [0.1, 0.15) is 5.75 Å². The van der Waals surface area contributed by atoms with Crippen molar-refractivity contribution in [1.82, 2.24) is 4.90 Å². The fourth-order valence-electron chi connectivity index (χ4n) is 1.41. The predicted octanol–water partition coefficient (Wildman–Crippen LogP) is 2.10. The second kappa shape index (κ2) is 6.25. The molecule has 0 saturated heterocycles. The van der Waals surface area contributed by atoms with Gasteiger partial charge in [-0.05, 0) is 51.7 Å². The topological polar surface area (TPSA) is 49.8 Å². The summed E-state index contributed by atoms with van der Waals surface area (Å²) in [6.45, 7) is 2.98. The van der Waals surface area contributed by atoms with E-state index in [1.54, 1.807) is 24.3 Å². The molecule has 1 N–H and O–H groups in total. The monoisotopic (exact) mass is 237 g/mol. The molecular weight excluding hydrogens is 218 g/mol. The van der Waals surface area contributed by atoms with Gasteiger partial charge < -0.3 is 14.7 Å². The summed E-state index contributed by atoms with van der Waals surface area (Å²) in [7, 11) is 4.04. The number of nitrogens with zero attached hydrogens (tertiary/aromatic N) is 1. The average Bonchev–Trinajstić information content (AvgIpc) is 2.27. The van der Waals surface area contributed by atoms with E-state index in [9.17, 15) is 4.79 Å². The van der Waals surface area contributed by atoms with Crippen molar-refractivity contribution >= 4 is 5.97 Å². The lowest BCUT2D eigenvalue weighted by molar-refractivity contribution is 0.0697. The maximum absolute atomic E-state index is 10.7. The van der Waals surface area contributed by atoms with Crippen LogP contribution in [0.2, 0.25) is 0 Å². The summed E-state index contributed by atoms with van der Waals surface area (Å²) < 4.78 is 5.68. The van der Waals surface area contributed by atoms with Crippen LogP contribution >= 0.6 is 0 Å². The van der Waals surface area contributed by atoms with E-state index in [1.165, 1.54) is 0 Å². The molecule has 0 aromatic heterocycles. The third-order valence-electron chi connectivity index (χ3n) is 2.42. The number of carboxylic acid groups (broad SMARTS) is 1. The molecule has 0 amide bonds. The first-order chi connectivity index (χ1) is 7.99. The van der Waals surface area contributed by atoms with Crippen molar-refractivity contribution < 1.29 is 14.6 Å². The largest absolute Gasteiger partial charge is 0.491 e. The van der Waals surface area contributed by atoms with Crippen molar-refractivity contribution in [1.29, 1.82) is 0 Å². The number of carboxylic acids is 1. The third kappa shape index (κ3) is 4.87. The Morgan fingerprint density at radius 1 is 1.35 bits per heavy atom. The average molecular weight is 237 g/mol. The van der Waals surface area contributed by atoms with Gasteiger partial charge in [0.05, 0.1) is 11.7 Å². The molecule has 1 rings (SSSR count). The van der Waals surface area contributed by atoms with Crippen LogP contribution in [-0.4, -0.2) is 42.7 Å². The smallest absolute Gasteiger partial charge is 0.335 e. The molecular formula is C13H19NO3. The van der Waals surface area contributed by atoms with Crippen LogP contribution < -0.4 is 4.74 Å². The van der Waals surface area contributed by atoms with Gasteiger partial charge >= 0.3 is 5.97 Å². The molecule has 1 aromatic carbocycles. The fraction of sp³-hybridized carbons (Fsp3) is 0.462. The zero-order valence-corrected chi connectivity index (χ0v) is 10.5. The van der Waals surface area contributed by atoms with Crippen molar-refractivity contribution in [3.63, 3.8) is 0 Å². The minimum Gasteiger partial charge on any atom is -0.491 e. The van der Waals surface area contributed by atoms with Crippen LogP contribution in [0.5, 0.6) is 5.75 Å². The molecule has 1 unspecified atom stereocenters. The quantitative estimate of drug-likeness (QED) is 0.823. The molecule has 0 aliphatic rings. The number of carbonyl (C=O) groups is 1. The van der Waals surface area contributed by atoms with Crippen LogP contribution in [0.15, 0.2) is 24.3 Å². The molecule has 0 spiro atoms. The highest BCUT2D eigenvalue weighted by molar-refractivity contribution is 5.87. The highest BCUT2D eigenvalue weighted by Crippen LogP contribution is 2.15. The van der Waals surface area contributed by atoms with Crippen LogP contribution in [0.25, 0.3) is 0 Å². The maximum atomic E-state index is 10.7. The van der Waals surface area contributed by atoms with Crippen LogP contribution in [0.1, 0.15) is 23.7 Å². The van der Waals surface area contributed by atoms with E-state index in [0.29, 0.717) is 5.75 Å². The number of aromatic carboxylic acids is 1. The molecule has 0 heterocycles. The lowest BCUT2D eigenvalue weighted by atomic mass is 10.2. The van der Waals surface area contributed by atoms with Crippen LogP contribution in [0, 0.1) is 0 Å². The third-order valence-corrected chi connectivity index (χ3v) is 2.42. The maximum Gasteiger partial charge on any atom is 0.335 e. The summed E-state index contributed by atoms with van der Waals surface area (Å²) >= 11 is 0. The molecule has 0 fully saturated rings. The summed E-state index contributed by atoms with van der Waals surface area (Å²) in [6, 6.07) is 6.48. The second-order valence-corrected chi connectivity index (χ2v) is 4.35. The highest BCUT2D eigenvalue weighted by Gasteiger charge is 2.06. The Labute approximate surface area is 102 Å². The Hall–Kier alpha value is -1.55. The van der Waals surface area contributed by atoms with Gasteiger partial charge in [0.2, 0.25) is 0 Å². The number of rotatable bonds is 6. The van der Waals surface area contributed by atoms with Crippen molar-refractivity contribution in [2.75, 3.05) is 20.6 Å². The normalized spacial score (nSPS) is 12.5. The molecule has 0 aliphatic heterocycles. The minimum atomic E-state index is -0.919. The standard InChI is InChI=1S/C13H19NO3/c1-10(8-9-14(2)3)17-12-6-4-11(5-7-12)13(15)16/h4-7,10H,8-9H2,1-3H3,(H,15,16). The number of benzene rings is 1. The van der Waals surface area contributed by atoms with E-state index in [4.69, 9.17) is 9.84 Å². The minimum absolute atomic E-state index is 0.119. The molecule has 0 saturated carbocycles. The van der Waals surface area contributed by atoms with Gasteiger partial charge in [-0.25, -0.2) is 4.79 Å². The lowest BCUT2D eigenvalue weighted by Crippen LogP contribution is -2.21. The zero-order valence-electron chi connectivity index (χ0n) is 10.5. The molecule has 0 aliphatic carbocycles. The van der Waals surface area contributed by atoms with Gasteiger partial charge in [-0.2, -0.15) is 0 Å². The van der Waals surface area contributed by atoms with Gasteiger partial charge in [0.15, 0.2) is 0 Å². The number of hydrogen-bond acceptors (Lipinski definition) is 3. The predicted molar refractivity (Wildman–Crippen MR) is 66.7 cm³/mol. The summed E-state index contributed by atoms with van der Waals surface area (Å²) in [6.07, 6.45) is 1.06. The zero-order chi connectivity index (χ0) is 12.8. The summed E-state index contributed by atoms with van der Waals surface area (Å²) in [5, 5.41) is 8.76. The molecule has 4 nitrogen and oxygen atoms in total. The van der Waals surface area contributed by atoms with Crippen LogP contribution in [0.3, 0.4) is 0 Å². The Bertz CT molecular complexity index is 359. The first kappa shape index (κ1) is 13.5. The van der Waals surface area contributed by atoms with E-state index in [2.05, 4.69) is 4.90 Å². The first-order valence-electron chi connectivity index (χ1n) is 5.64. The molecule has 94 valence electrons. The summed E-state index contributed by atoms with van der Waals surface area (Å²) in [5.74, 6) is -0.210. The summed E-state index contributed by atoms with van der Waals surface area (Å²) in [4.78, 5) is 12.8. The Morgan fingerprint density at radius 2 is 1.94 bits per heavy atom. The second-order valence-electron chi connectivity index (χ2n) is 4.35. The SMILES string of the molecule is CC(CCN(C)C)Oc1ccc(C(=O)O)cc1. The van der Waals surface area contributed by atoms with Gasteiger partial charge in [0.25, 0.3) is 0 Å². The molecule has 4 heteroatoms. The van der Waals surface area contributed by atoms with Gasteiger partial charge in [-0.1, -0.05) is 0 Å². The Morgan fingerprint density at radius 3 is 2.41 bits per heavy atom. The van der Waals surface area contributed by atoms with E-state index < -0.39 is 5.97 Å². The van der Waals surface area contributed by atoms with Gasteiger partial charge in [-0.3, -0.25) is 0 Å². The van der Waals surface area contributed by atoms with Crippen LogP contribution in [0.4, 0.5) is 0 Å². The van der Waals surface area contributed by atoms with E-state index in [0.717, 1.165) is 13.0 Å².